The third kappa shape index (κ3) is 3.68. The van der Waals surface area contributed by atoms with Crippen molar-refractivity contribution in [1.82, 2.24) is 0 Å². The number of anilines is 1. The molecular formula is C25H27NO3. The maximum Gasteiger partial charge on any atom is 0.412 e. The molecule has 0 spiro atoms. The van der Waals surface area contributed by atoms with E-state index in [0.29, 0.717) is 5.56 Å². The number of hydrogen-bond donors (Lipinski definition) is 1. The van der Waals surface area contributed by atoms with E-state index in [4.69, 9.17) is 4.74 Å². The smallest absolute Gasteiger partial charge is 0.412 e. The van der Waals surface area contributed by atoms with Gasteiger partial charge in [-0.3, -0.25) is 10.1 Å². The van der Waals surface area contributed by atoms with Gasteiger partial charge in [-0.25, -0.2) is 4.79 Å². The molecule has 4 nitrogen and oxygen atoms in total. The van der Waals surface area contributed by atoms with Crippen LogP contribution in [-0.4, -0.2) is 17.5 Å². The summed E-state index contributed by atoms with van der Waals surface area (Å²) in [7, 11) is 0. The Morgan fingerprint density at radius 3 is 2.10 bits per heavy atom. The van der Waals surface area contributed by atoms with Gasteiger partial charge < -0.3 is 4.74 Å². The van der Waals surface area contributed by atoms with E-state index < -0.39 is 0 Å². The van der Waals surface area contributed by atoms with Crippen molar-refractivity contribution in [2.45, 2.75) is 51.0 Å². The molecule has 29 heavy (non-hydrogen) atoms. The molecule has 150 valence electrons. The van der Waals surface area contributed by atoms with E-state index in [9.17, 15) is 9.59 Å². The van der Waals surface area contributed by atoms with Crippen LogP contribution in [-0.2, 0) is 4.74 Å². The van der Waals surface area contributed by atoms with Crippen LogP contribution in [0.3, 0.4) is 0 Å². The average Bonchev–Trinajstić information content (AvgIpc) is 2.67. The van der Waals surface area contributed by atoms with Gasteiger partial charge >= 0.3 is 6.09 Å². The standard InChI is InChI=1S/C25H27NO3/c1-16(27)21-3-2-4-22(12-21)20-5-7-23(8-6-20)26-24(28)29-25-13-17-9-18(14-25)11-19(10-17)15-25/h2-8,12,17-19H,9-11,13-15H2,1H3,(H,26,28). The molecule has 1 amide bonds. The molecular weight excluding hydrogens is 362 g/mol. The van der Waals surface area contributed by atoms with Gasteiger partial charge in [0.15, 0.2) is 5.78 Å². The van der Waals surface area contributed by atoms with E-state index in [1.54, 1.807) is 6.92 Å². The number of carbonyl (C=O) groups is 2. The lowest BCUT2D eigenvalue weighted by Crippen LogP contribution is -2.53. The molecule has 4 aliphatic rings. The first-order chi connectivity index (χ1) is 14.0. The van der Waals surface area contributed by atoms with E-state index in [-0.39, 0.29) is 17.5 Å². The number of amides is 1. The molecule has 2 aromatic carbocycles. The molecule has 4 bridgehead atoms. The minimum absolute atomic E-state index is 0.0533. The van der Waals surface area contributed by atoms with E-state index >= 15 is 0 Å². The summed E-state index contributed by atoms with van der Waals surface area (Å²) in [4.78, 5) is 24.2. The summed E-state index contributed by atoms with van der Waals surface area (Å²) in [6.07, 6.45) is 6.77. The number of benzene rings is 2. The van der Waals surface area contributed by atoms with Crippen LogP contribution in [0.4, 0.5) is 10.5 Å². The van der Waals surface area contributed by atoms with Crippen molar-refractivity contribution >= 4 is 17.6 Å². The molecule has 0 atom stereocenters. The summed E-state index contributed by atoms with van der Waals surface area (Å²) >= 11 is 0. The molecule has 6 rings (SSSR count). The van der Waals surface area contributed by atoms with Crippen molar-refractivity contribution in [2.75, 3.05) is 5.32 Å². The maximum absolute atomic E-state index is 12.6. The Morgan fingerprint density at radius 1 is 0.897 bits per heavy atom. The molecule has 0 saturated heterocycles. The van der Waals surface area contributed by atoms with Gasteiger partial charge in [0.25, 0.3) is 0 Å². The minimum atomic E-state index is -0.335. The Balaban J connectivity index is 1.25. The fourth-order valence-corrected chi connectivity index (χ4v) is 6.16. The highest BCUT2D eigenvalue weighted by Crippen LogP contribution is 2.57. The molecule has 0 radical (unpaired) electrons. The molecule has 4 heteroatoms. The van der Waals surface area contributed by atoms with Gasteiger partial charge in [0.1, 0.15) is 5.60 Å². The molecule has 0 unspecified atom stereocenters. The summed E-state index contributed by atoms with van der Waals surface area (Å²) in [5.74, 6) is 2.30. The fraction of sp³-hybridized carbons (Fsp3) is 0.440. The Morgan fingerprint density at radius 2 is 1.52 bits per heavy atom. The van der Waals surface area contributed by atoms with Crippen LogP contribution in [0.2, 0.25) is 0 Å². The highest BCUT2D eigenvalue weighted by molar-refractivity contribution is 5.95. The van der Waals surface area contributed by atoms with Gasteiger partial charge in [0, 0.05) is 11.3 Å². The highest BCUT2D eigenvalue weighted by Gasteiger charge is 2.53. The van der Waals surface area contributed by atoms with Crippen LogP contribution >= 0.6 is 0 Å². The van der Waals surface area contributed by atoms with Crippen LogP contribution in [0.1, 0.15) is 55.8 Å². The Kier molecular flexibility index (Phi) is 4.45. The second-order valence-electron chi connectivity index (χ2n) is 9.33. The predicted molar refractivity (Wildman–Crippen MR) is 113 cm³/mol. The van der Waals surface area contributed by atoms with Crippen molar-refractivity contribution in [3.63, 3.8) is 0 Å². The number of nitrogens with one attached hydrogen (secondary N) is 1. The van der Waals surface area contributed by atoms with Crippen molar-refractivity contribution in [1.29, 1.82) is 0 Å². The van der Waals surface area contributed by atoms with Crippen molar-refractivity contribution < 1.29 is 14.3 Å². The zero-order chi connectivity index (χ0) is 20.0. The topological polar surface area (TPSA) is 55.4 Å². The molecule has 0 aromatic heterocycles. The van der Waals surface area contributed by atoms with Gasteiger partial charge in [0.05, 0.1) is 0 Å². The quantitative estimate of drug-likeness (QED) is 0.645. The zero-order valence-corrected chi connectivity index (χ0v) is 16.8. The largest absolute Gasteiger partial charge is 0.443 e. The summed E-state index contributed by atoms with van der Waals surface area (Å²) in [5.41, 5.74) is 3.19. The molecule has 4 aliphatic carbocycles. The van der Waals surface area contributed by atoms with Crippen LogP contribution in [0.5, 0.6) is 0 Å². The second-order valence-corrected chi connectivity index (χ2v) is 9.33. The first-order valence-electron chi connectivity index (χ1n) is 10.7. The average molecular weight is 389 g/mol. The first-order valence-corrected chi connectivity index (χ1v) is 10.7. The number of hydrogen-bond acceptors (Lipinski definition) is 3. The Labute approximate surface area is 171 Å². The Bertz CT molecular complexity index is 912. The number of Topliss-reactive ketones (excluding diaryl/α,β-unsaturated/α-hetero) is 1. The van der Waals surface area contributed by atoms with Crippen molar-refractivity contribution in [3.05, 3.63) is 54.1 Å². The zero-order valence-electron chi connectivity index (χ0n) is 16.8. The molecule has 0 aliphatic heterocycles. The SMILES string of the molecule is CC(=O)c1cccc(-c2ccc(NC(=O)OC34CC5CC(CC(C5)C3)C4)cc2)c1. The van der Waals surface area contributed by atoms with Gasteiger partial charge in [-0.1, -0.05) is 30.3 Å². The van der Waals surface area contributed by atoms with Gasteiger partial charge in [-0.05, 0) is 92.5 Å². The molecule has 0 heterocycles. The monoisotopic (exact) mass is 389 g/mol. The molecule has 4 fully saturated rings. The molecule has 2 aromatic rings. The van der Waals surface area contributed by atoms with E-state index in [1.165, 1.54) is 19.3 Å². The lowest BCUT2D eigenvalue weighted by Gasteiger charge is -2.55. The van der Waals surface area contributed by atoms with Crippen molar-refractivity contribution in [2.24, 2.45) is 17.8 Å². The Hall–Kier alpha value is -2.62. The third-order valence-electron chi connectivity index (χ3n) is 7.02. The predicted octanol–water partition coefficient (Wildman–Crippen LogP) is 6.07. The van der Waals surface area contributed by atoms with Crippen LogP contribution in [0.15, 0.2) is 48.5 Å². The minimum Gasteiger partial charge on any atom is -0.443 e. The lowest BCUT2D eigenvalue weighted by molar-refractivity contribution is -0.124. The van der Waals surface area contributed by atoms with E-state index in [1.807, 2.05) is 48.5 Å². The van der Waals surface area contributed by atoms with Crippen LogP contribution in [0, 0.1) is 17.8 Å². The van der Waals surface area contributed by atoms with Gasteiger partial charge in [-0.15, -0.1) is 0 Å². The van der Waals surface area contributed by atoms with E-state index in [2.05, 4.69) is 5.32 Å². The van der Waals surface area contributed by atoms with Gasteiger partial charge in [0.2, 0.25) is 0 Å². The van der Waals surface area contributed by atoms with Crippen molar-refractivity contribution in [3.8, 4) is 11.1 Å². The maximum atomic E-state index is 12.6. The fourth-order valence-electron chi connectivity index (χ4n) is 6.16. The highest BCUT2D eigenvalue weighted by atomic mass is 16.6. The molecule has 4 saturated carbocycles. The summed E-state index contributed by atoms with van der Waals surface area (Å²) < 4.78 is 6.02. The van der Waals surface area contributed by atoms with Gasteiger partial charge in [-0.2, -0.15) is 0 Å². The first kappa shape index (κ1) is 18.4. The number of rotatable bonds is 4. The summed E-state index contributed by atoms with van der Waals surface area (Å²) in [5, 5.41) is 2.91. The second kappa shape index (κ2) is 7.01. The van der Waals surface area contributed by atoms with Crippen LogP contribution in [0.25, 0.3) is 11.1 Å². The number of carbonyl (C=O) groups excluding carboxylic acids is 2. The third-order valence-corrected chi connectivity index (χ3v) is 7.02. The number of ketones is 1. The summed E-state index contributed by atoms with van der Waals surface area (Å²) in [6.45, 7) is 1.57. The summed E-state index contributed by atoms with van der Waals surface area (Å²) in [6, 6.07) is 15.3. The molecule has 1 N–H and O–H groups in total. The van der Waals surface area contributed by atoms with E-state index in [0.717, 1.165) is 53.8 Å². The lowest BCUT2D eigenvalue weighted by atomic mass is 9.54. The normalized spacial score (nSPS) is 29.5. The van der Waals surface area contributed by atoms with Crippen LogP contribution < -0.4 is 5.32 Å². The number of ether oxygens (including phenoxy) is 1.